The van der Waals surface area contributed by atoms with Crippen LogP contribution in [0.5, 0.6) is 0 Å². The van der Waals surface area contributed by atoms with Crippen LogP contribution in [0.15, 0.2) is 48.0 Å². The Morgan fingerprint density at radius 1 is 1.22 bits per heavy atom. The number of nitrogens with zero attached hydrogens (tertiary/aromatic N) is 3. The Kier molecular flexibility index (Phi) is 5.91. The summed E-state index contributed by atoms with van der Waals surface area (Å²) in [6.45, 7) is 4.21. The molecule has 1 saturated heterocycles. The van der Waals surface area contributed by atoms with Gasteiger partial charge in [0.15, 0.2) is 0 Å². The summed E-state index contributed by atoms with van der Waals surface area (Å²) in [5.41, 5.74) is 4.78. The molecule has 2 atom stereocenters. The molecule has 0 aliphatic carbocycles. The summed E-state index contributed by atoms with van der Waals surface area (Å²) in [6, 6.07) is 10.5. The number of hydrogen-bond donors (Lipinski definition) is 3. The highest BCUT2D eigenvalue weighted by molar-refractivity contribution is 7.09. The van der Waals surface area contributed by atoms with Crippen molar-refractivity contribution in [3.63, 3.8) is 0 Å². The molecule has 0 spiro atoms. The summed E-state index contributed by atoms with van der Waals surface area (Å²) in [5.74, 6) is 0.839. The minimum absolute atomic E-state index is 0.123. The number of nitrogens with one attached hydrogen (secondary N) is 2. The third-order valence-electron chi connectivity index (χ3n) is 6.03. The van der Waals surface area contributed by atoms with E-state index in [1.807, 2.05) is 11.4 Å². The number of benzene rings is 1. The highest BCUT2D eigenvalue weighted by Gasteiger charge is 2.25. The van der Waals surface area contributed by atoms with E-state index in [0.717, 1.165) is 58.4 Å². The first-order chi connectivity index (χ1) is 15.6. The molecule has 2 unspecified atom stereocenters. The minimum Gasteiger partial charge on any atom is -0.391 e. The van der Waals surface area contributed by atoms with Gasteiger partial charge in [-0.3, -0.25) is 4.40 Å². The summed E-state index contributed by atoms with van der Waals surface area (Å²) in [4.78, 5) is 9.49. The Hall–Kier alpha value is -2.81. The van der Waals surface area contributed by atoms with Crippen LogP contribution >= 0.6 is 11.3 Å². The van der Waals surface area contributed by atoms with Crippen molar-refractivity contribution < 1.29 is 9.50 Å². The minimum atomic E-state index is -0.382. The van der Waals surface area contributed by atoms with Crippen LogP contribution < -0.4 is 10.6 Å². The number of aliphatic hydroxyl groups excluding tert-OH is 1. The third kappa shape index (κ3) is 4.13. The van der Waals surface area contributed by atoms with Gasteiger partial charge in [-0.25, -0.2) is 14.4 Å². The van der Waals surface area contributed by atoms with Gasteiger partial charge in [0.05, 0.1) is 24.0 Å². The molecule has 5 rings (SSSR count). The lowest BCUT2D eigenvalue weighted by Crippen LogP contribution is -2.39. The van der Waals surface area contributed by atoms with Crippen LogP contribution in [0.25, 0.3) is 16.9 Å². The van der Waals surface area contributed by atoms with Crippen molar-refractivity contribution in [1.82, 2.24) is 19.7 Å². The molecular formula is C24H26FN5OS. The van der Waals surface area contributed by atoms with Gasteiger partial charge >= 0.3 is 0 Å². The Morgan fingerprint density at radius 3 is 2.84 bits per heavy atom. The number of β-amino-alcohol motifs (C(OH)–C–C–N with tert-alkyl or cyclic N) is 1. The fourth-order valence-corrected chi connectivity index (χ4v) is 5.04. The van der Waals surface area contributed by atoms with Crippen LogP contribution in [0, 0.1) is 5.82 Å². The molecular weight excluding hydrogens is 425 g/mol. The number of thiazole rings is 1. The second-order valence-electron chi connectivity index (χ2n) is 8.10. The maximum atomic E-state index is 13.2. The fraction of sp³-hybridized carbons (Fsp3) is 0.333. The predicted molar refractivity (Wildman–Crippen MR) is 126 cm³/mol. The van der Waals surface area contributed by atoms with E-state index in [0.29, 0.717) is 13.1 Å². The largest absolute Gasteiger partial charge is 0.391 e. The molecule has 32 heavy (non-hydrogen) atoms. The van der Waals surface area contributed by atoms with E-state index >= 15 is 0 Å². The number of fused-ring (bicyclic) bond motifs is 1. The zero-order valence-corrected chi connectivity index (χ0v) is 18.7. The lowest BCUT2D eigenvalue weighted by atomic mass is 9.89. The van der Waals surface area contributed by atoms with Gasteiger partial charge in [0.2, 0.25) is 0 Å². The summed E-state index contributed by atoms with van der Waals surface area (Å²) in [7, 11) is 0. The quantitative estimate of drug-likeness (QED) is 0.410. The smallest absolute Gasteiger partial charge is 0.138 e. The average Bonchev–Trinajstić information content (AvgIpc) is 3.42. The number of piperidine rings is 1. The predicted octanol–water partition coefficient (Wildman–Crippen LogP) is 4.21. The second kappa shape index (κ2) is 8.97. The van der Waals surface area contributed by atoms with Crippen LogP contribution in [0.1, 0.15) is 35.5 Å². The molecule has 4 aromatic rings. The van der Waals surface area contributed by atoms with E-state index < -0.39 is 0 Å². The molecule has 1 aliphatic heterocycles. The number of imidazole rings is 1. The van der Waals surface area contributed by atoms with Gasteiger partial charge in [0.1, 0.15) is 22.3 Å². The number of rotatable bonds is 6. The Labute approximate surface area is 190 Å². The maximum absolute atomic E-state index is 13.2. The highest BCUT2D eigenvalue weighted by Crippen LogP contribution is 2.29. The number of pyridine rings is 1. The van der Waals surface area contributed by atoms with E-state index in [2.05, 4.69) is 34.2 Å². The highest BCUT2D eigenvalue weighted by atomic mass is 32.1. The number of anilines is 1. The molecule has 1 aromatic carbocycles. The van der Waals surface area contributed by atoms with Crippen LogP contribution in [0.2, 0.25) is 0 Å². The van der Waals surface area contributed by atoms with Gasteiger partial charge in [-0.1, -0.05) is 13.0 Å². The number of aromatic nitrogens is 3. The van der Waals surface area contributed by atoms with Gasteiger partial charge < -0.3 is 15.7 Å². The first-order valence-electron chi connectivity index (χ1n) is 11.0. The van der Waals surface area contributed by atoms with Crippen molar-refractivity contribution in [1.29, 1.82) is 0 Å². The SMILES string of the molecule is CCc1nc2ccc(C3CCNCC3O)cn2c1NCc1nc(-c2ccc(F)cc2)cs1. The molecule has 8 heteroatoms. The third-order valence-corrected chi connectivity index (χ3v) is 6.87. The molecule has 0 amide bonds. The van der Waals surface area contributed by atoms with E-state index in [-0.39, 0.29) is 17.8 Å². The van der Waals surface area contributed by atoms with Crippen LogP contribution in [-0.4, -0.2) is 38.7 Å². The van der Waals surface area contributed by atoms with Gasteiger partial charge in [-0.2, -0.15) is 0 Å². The molecule has 6 nitrogen and oxygen atoms in total. The first-order valence-corrected chi connectivity index (χ1v) is 11.8. The van der Waals surface area contributed by atoms with Crippen molar-refractivity contribution in [2.45, 2.75) is 38.3 Å². The number of halogens is 1. The average molecular weight is 452 g/mol. The second-order valence-corrected chi connectivity index (χ2v) is 9.05. The van der Waals surface area contributed by atoms with Gasteiger partial charge in [0.25, 0.3) is 0 Å². The standard InChI is InChI=1S/C24H26FN5OS/c1-2-19-24(27-12-23-29-20(14-32-23)15-3-6-17(25)7-4-15)30-13-16(5-8-22(30)28-19)18-9-10-26-11-21(18)31/h3-8,13-14,18,21,26-27,31H,2,9-12H2,1H3. The summed E-state index contributed by atoms with van der Waals surface area (Å²) in [6.07, 6.45) is 3.45. The van der Waals surface area contributed by atoms with E-state index in [9.17, 15) is 9.50 Å². The lowest BCUT2D eigenvalue weighted by Gasteiger charge is -2.28. The molecule has 0 bridgehead atoms. The maximum Gasteiger partial charge on any atom is 0.138 e. The molecule has 4 heterocycles. The van der Waals surface area contributed by atoms with Gasteiger partial charge in [-0.15, -0.1) is 11.3 Å². The van der Waals surface area contributed by atoms with Gasteiger partial charge in [-0.05, 0) is 55.3 Å². The summed E-state index contributed by atoms with van der Waals surface area (Å²) < 4.78 is 15.3. The number of hydrogen-bond acceptors (Lipinski definition) is 6. The number of aryl methyl sites for hydroxylation is 1. The Morgan fingerprint density at radius 2 is 2.06 bits per heavy atom. The topological polar surface area (TPSA) is 74.5 Å². The molecule has 0 saturated carbocycles. The van der Waals surface area contributed by atoms with Crippen molar-refractivity contribution in [2.75, 3.05) is 18.4 Å². The number of aliphatic hydroxyl groups is 1. The first kappa shape index (κ1) is 21.1. The van der Waals surface area contributed by atoms with Crippen molar-refractivity contribution in [2.24, 2.45) is 0 Å². The van der Waals surface area contributed by atoms with Gasteiger partial charge in [0, 0.05) is 29.6 Å². The zero-order valence-electron chi connectivity index (χ0n) is 17.9. The fourth-order valence-electron chi connectivity index (χ4n) is 4.30. The van der Waals surface area contributed by atoms with Crippen LogP contribution in [0.4, 0.5) is 10.2 Å². The van der Waals surface area contributed by atoms with E-state index in [1.54, 1.807) is 23.5 Å². The van der Waals surface area contributed by atoms with Crippen molar-refractivity contribution in [3.05, 3.63) is 70.1 Å². The van der Waals surface area contributed by atoms with Crippen molar-refractivity contribution in [3.8, 4) is 11.3 Å². The molecule has 166 valence electrons. The van der Waals surface area contributed by atoms with E-state index in [4.69, 9.17) is 9.97 Å². The molecule has 3 N–H and O–H groups in total. The normalized spacial score (nSPS) is 18.8. The summed E-state index contributed by atoms with van der Waals surface area (Å²) >= 11 is 1.58. The van der Waals surface area contributed by atoms with Crippen LogP contribution in [0.3, 0.4) is 0 Å². The van der Waals surface area contributed by atoms with Crippen molar-refractivity contribution >= 4 is 22.8 Å². The molecule has 3 aromatic heterocycles. The monoisotopic (exact) mass is 451 g/mol. The Balaban J connectivity index is 1.39. The zero-order chi connectivity index (χ0) is 22.1. The molecule has 1 fully saturated rings. The summed E-state index contributed by atoms with van der Waals surface area (Å²) in [5, 5.41) is 20.2. The van der Waals surface area contributed by atoms with Crippen LogP contribution in [-0.2, 0) is 13.0 Å². The Bertz CT molecular complexity index is 1220. The lowest BCUT2D eigenvalue weighted by molar-refractivity contribution is 0.118. The molecule has 0 radical (unpaired) electrons. The molecule has 1 aliphatic rings. The van der Waals surface area contributed by atoms with E-state index in [1.165, 1.54) is 12.1 Å².